The molecule has 0 bridgehead atoms. The molecular formula is C25H21NO2. The number of benzene rings is 3. The molecule has 138 valence electrons. The first-order valence-electron chi connectivity index (χ1n) is 9.54. The molecule has 2 heterocycles. The van der Waals surface area contributed by atoms with Gasteiger partial charge in [-0.25, -0.2) is 0 Å². The maximum atomic E-state index is 6.66. The van der Waals surface area contributed by atoms with Crippen molar-refractivity contribution >= 4 is 5.69 Å². The Bertz CT molecular complexity index is 1000. The first kappa shape index (κ1) is 16.8. The van der Waals surface area contributed by atoms with Crippen molar-refractivity contribution in [3.63, 3.8) is 0 Å². The highest BCUT2D eigenvalue weighted by atomic mass is 16.5. The lowest BCUT2D eigenvalue weighted by Gasteiger charge is -2.31. The van der Waals surface area contributed by atoms with Crippen LogP contribution >= 0.6 is 0 Å². The van der Waals surface area contributed by atoms with Gasteiger partial charge >= 0.3 is 0 Å². The molecule has 1 saturated heterocycles. The van der Waals surface area contributed by atoms with Crippen molar-refractivity contribution in [2.45, 2.75) is 18.4 Å². The van der Waals surface area contributed by atoms with Crippen molar-refractivity contribution in [1.29, 1.82) is 0 Å². The Morgan fingerprint density at radius 1 is 0.607 bits per heavy atom. The Hall–Kier alpha value is -3.30. The van der Waals surface area contributed by atoms with Crippen LogP contribution in [0.15, 0.2) is 114 Å². The summed E-state index contributed by atoms with van der Waals surface area (Å²) in [5.41, 5.74) is 3.48. The summed E-state index contributed by atoms with van der Waals surface area (Å²) in [7, 11) is 0. The number of furan rings is 1. The Labute approximate surface area is 164 Å². The number of hydrogen-bond acceptors (Lipinski definition) is 3. The number of rotatable bonds is 4. The number of nitrogens with zero attached hydrogens (tertiary/aromatic N) is 1. The van der Waals surface area contributed by atoms with E-state index < -0.39 is 0 Å². The van der Waals surface area contributed by atoms with E-state index in [0.717, 1.165) is 17.0 Å². The molecule has 0 spiro atoms. The molecule has 0 radical (unpaired) electrons. The number of ether oxygens (including phenoxy) is 1. The highest BCUT2D eigenvalue weighted by Gasteiger charge is 2.45. The molecule has 1 aromatic heterocycles. The lowest BCUT2D eigenvalue weighted by molar-refractivity contribution is 0.0287. The fraction of sp³-hybridized carbons (Fsp3) is 0.120. The van der Waals surface area contributed by atoms with Crippen LogP contribution in [-0.2, 0) is 4.74 Å². The van der Waals surface area contributed by atoms with E-state index in [1.807, 2.05) is 30.3 Å². The van der Waals surface area contributed by atoms with Crippen molar-refractivity contribution in [2.75, 3.05) is 4.90 Å². The summed E-state index contributed by atoms with van der Waals surface area (Å²) in [5.74, 6) is 0.809. The van der Waals surface area contributed by atoms with Gasteiger partial charge in [-0.15, -0.1) is 0 Å². The summed E-state index contributed by atoms with van der Waals surface area (Å²) in [6.07, 6.45) is 1.29. The van der Waals surface area contributed by atoms with Crippen LogP contribution in [0.5, 0.6) is 0 Å². The highest BCUT2D eigenvalue weighted by Crippen LogP contribution is 2.52. The standard InChI is InChI=1S/C25H21NO2/c1-4-11-19(12-5-1)23-24(20-13-6-2-7-14-20)28-25(22-17-10-18-27-22)26(23)21-15-8-3-9-16-21/h1-18,23-25H/t23-,24-,25-/m1/s1. The molecule has 0 saturated carbocycles. The van der Waals surface area contributed by atoms with Crippen molar-refractivity contribution in [1.82, 2.24) is 0 Å². The zero-order chi connectivity index (χ0) is 18.8. The van der Waals surface area contributed by atoms with Crippen LogP contribution < -0.4 is 4.90 Å². The molecule has 0 unspecified atom stereocenters. The van der Waals surface area contributed by atoms with Crippen LogP contribution in [0.25, 0.3) is 0 Å². The van der Waals surface area contributed by atoms with E-state index >= 15 is 0 Å². The molecule has 1 aliphatic rings. The second-order valence-corrected chi connectivity index (χ2v) is 6.93. The smallest absolute Gasteiger partial charge is 0.190 e. The van der Waals surface area contributed by atoms with E-state index in [0.29, 0.717) is 0 Å². The number of para-hydroxylation sites is 1. The minimum absolute atomic E-state index is 0.0288. The molecular weight excluding hydrogens is 346 g/mol. The maximum Gasteiger partial charge on any atom is 0.190 e. The van der Waals surface area contributed by atoms with Crippen molar-refractivity contribution in [2.24, 2.45) is 0 Å². The van der Waals surface area contributed by atoms with Crippen LogP contribution in [0.1, 0.15) is 35.3 Å². The van der Waals surface area contributed by atoms with Gasteiger partial charge < -0.3 is 14.1 Å². The summed E-state index contributed by atoms with van der Waals surface area (Å²) in [4.78, 5) is 2.33. The van der Waals surface area contributed by atoms with Crippen LogP contribution in [-0.4, -0.2) is 0 Å². The van der Waals surface area contributed by atoms with Gasteiger partial charge in [-0.3, -0.25) is 0 Å². The monoisotopic (exact) mass is 367 g/mol. The molecule has 0 N–H and O–H groups in total. The average Bonchev–Trinajstić information content (AvgIpc) is 3.43. The van der Waals surface area contributed by atoms with Gasteiger partial charge in [0.2, 0.25) is 0 Å². The van der Waals surface area contributed by atoms with Gasteiger partial charge in [0.25, 0.3) is 0 Å². The first-order valence-corrected chi connectivity index (χ1v) is 9.54. The Morgan fingerprint density at radius 2 is 1.21 bits per heavy atom. The lowest BCUT2D eigenvalue weighted by atomic mass is 9.95. The predicted molar refractivity (Wildman–Crippen MR) is 110 cm³/mol. The second-order valence-electron chi connectivity index (χ2n) is 6.93. The molecule has 1 aliphatic heterocycles. The fourth-order valence-electron chi connectivity index (χ4n) is 3.99. The van der Waals surface area contributed by atoms with Crippen LogP contribution in [0.2, 0.25) is 0 Å². The van der Waals surface area contributed by atoms with Gasteiger partial charge in [0.1, 0.15) is 6.10 Å². The van der Waals surface area contributed by atoms with E-state index in [9.17, 15) is 0 Å². The molecule has 0 amide bonds. The molecule has 0 aliphatic carbocycles. The van der Waals surface area contributed by atoms with Crippen molar-refractivity contribution in [3.05, 3.63) is 126 Å². The highest BCUT2D eigenvalue weighted by molar-refractivity contribution is 5.52. The summed E-state index contributed by atoms with van der Waals surface area (Å²) < 4.78 is 12.4. The predicted octanol–water partition coefficient (Wildman–Crippen LogP) is 6.30. The third-order valence-electron chi connectivity index (χ3n) is 5.22. The quantitative estimate of drug-likeness (QED) is 0.423. The molecule has 3 heteroatoms. The average molecular weight is 367 g/mol. The Morgan fingerprint density at radius 3 is 1.82 bits per heavy atom. The molecule has 28 heavy (non-hydrogen) atoms. The normalized spacial score (nSPS) is 21.7. The van der Waals surface area contributed by atoms with E-state index in [2.05, 4.69) is 77.7 Å². The topological polar surface area (TPSA) is 25.6 Å². The summed E-state index contributed by atoms with van der Waals surface area (Å²) in [5, 5.41) is 0. The van der Waals surface area contributed by atoms with Crippen molar-refractivity contribution in [3.8, 4) is 0 Å². The SMILES string of the molecule is c1ccc([C@H]2O[C@H](c3ccco3)N(c3ccccc3)[C@@H]2c2ccccc2)cc1. The van der Waals surface area contributed by atoms with Crippen LogP contribution in [0.4, 0.5) is 5.69 Å². The lowest BCUT2D eigenvalue weighted by Crippen LogP contribution is -2.27. The largest absolute Gasteiger partial charge is 0.465 e. The van der Waals surface area contributed by atoms with Crippen LogP contribution in [0.3, 0.4) is 0 Å². The van der Waals surface area contributed by atoms with E-state index in [4.69, 9.17) is 9.15 Å². The second kappa shape index (κ2) is 7.37. The Balaban J connectivity index is 1.68. The third-order valence-corrected chi connectivity index (χ3v) is 5.22. The molecule has 1 fully saturated rings. The van der Waals surface area contributed by atoms with Gasteiger partial charge in [-0.2, -0.15) is 0 Å². The van der Waals surface area contributed by atoms with E-state index in [1.165, 1.54) is 5.56 Å². The van der Waals surface area contributed by atoms with Gasteiger partial charge in [0.15, 0.2) is 12.0 Å². The van der Waals surface area contributed by atoms with Gasteiger partial charge in [0.05, 0.1) is 12.3 Å². The Kier molecular flexibility index (Phi) is 4.43. The molecule has 3 nitrogen and oxygen atoms in total. The van der Waals surface area contributed by atoms with Gasteiger partial charge in [-0.05, 0) is 35.4 Å². The minimum atomic E-state index is -0.298. The molecule has 5 rings (SSSR count). The minimum Gasteiger partial charge on any atom is -0.465 e. The zero-order valence-electron chi connectivity index (χ0n) is 15.4. The zero-order valence-corrected chi connectivity index (χ0v) is 15.4. The summed E-state index contributed by atoms with van der Waals surface area (Å²) in [6, 6.07) is 35.3. The number of hydrogen-bond donors (Lipinski definition) is 0. The van der Waals surface area contributed by atoms with Gasteiger partial charge in [-0.1, -0.05) is 78.9 Å². The summed E-state index contributed by atoms with van der Waals surface area (Å²) >= 11 is 0. The van der Waals surface area contributed by atoms with Crippen LogP contribution in [0, 0.1) is 0 Å². The molecule has 4 aromatic rings. The van der Waals surface area contributed by atoms with E-state index in [-0.39, 0.29) is 18.4 Å². The van der Waals surface area contributed by atoms with E-state index in [1.54, 1.807) is 6.26 Å². The summed E-state index contributed by atoms with van der Waals surface area (Å²) in [6.45, 7) is 0. The number of anilines is 1. The van der Waals surface area contributed by atoms with Gasteiger partial charge in [0, 0.05) is 5.69 Å². The molecule has 3 aromatic carbocycles. The van der Waals surface area contributed by atoms with Crippen molar-refractivity contribution < 1.29 is 9.15 Å². The first-order chi connectivity index (χ1) is 13.9. The molecule has 3 atom stereocenters. The fourth-order valence-corrected chi connectivity index (χ4v) is 3.99. The third kappa shape index (κ3) is 3.00. The maximum absolute atomic E-state index is 6.66.